The molecule has 0 aliphatic carbocycles. The third-order valence-electron chi connectivity index (χ3n) is 3.71. The molecule has 1 aromatic rings. The van der Waals surface area contributed by atoms with Crippen LogP contribution in [0.25, 0.3) is 0 Å². The maximum absolute atomic E-state index is 10.6. The van der Waals surface area contributed by atoms with Crippen LogP contribution in [0.3, 0.4) is 0 Å². The molecule has 110 valence electrons. The first kappa shape index (κ1) is 16.2. The summed E-state index contributed by atoms with van der Waals surface area (Å²) >= 11 is 0. The molecule has 20 heavy (non-hydrogen) atoms. The fourth-order valence-electron chi connectivity index (χ4n) is 2.51. The second-order valence-electron chi connectivity index (χ2n) is 5.42. The molecular formula is C16H22O4. The molecule has 0 aliphatic rings. The molecule has 0 saturated carbocycles. The van der Waals surface area contributed by atoms with Crippen LogP contribution in [-0.4, -0.2) is 22.2 Å². The van der Waals surface area contributed by atoms with Gasteiger partial charge in [-0.1, -0.05) is 37.3 Å². The van der Waals surface area contributed by atoms with Crippen LogP contribution in [0.2, 0.25) is 0 Å². The van der Waals surface area contributed by atoms with E-state index >= 15 is 0 Å². The van der Waals surface area contributed by atoms with Crippen molar-refractivity contribution in [2.45, 2.75) is 50.9 Å². The van der Waals surface area contributed by atoms with Crippen LogP contribution < -0.4 is 0 Å². The van der Waals surface area contributed by atoms with Gasteiger partial charge in [-0.3, -0.25) is 9.59 Å². The maximum Gasteiger partial charge on any atom is 0.303 e. The third kappa shape index (κ3) is 5.43. The van der Waals surface area contributed by atoms with Crippen molar-refractivity contribution in [1.82, 2.24) is 0 Å². The highest BCUT2D eigenvalue weighted by atomic mass is 16.4. The Hall–Kier alpha value is -1.84. The lowest BCUT2D eigenvalue weighted by Gasteiger charge is -2.30. The van der Waals surface area contributed by atoms with Crippen LogP contribution in [-0.2, 0) is 15.0 Å². The van der Waals surface area contributed by atoms with Crippen molar-refractivity contribution < 1.29 is 19.8 Å². The van der Waals surface area contributed by atoms with E-state index in [4.69, 9.17) is 10.2 Å². The summed E-state index contributed by atoms with van der Waals surface area (Å²) in [4.78, 5) is 21.3. The molecule has 0 spiro atoms. The largest absolute Gasteiger partial charge is 0.481 e. The van der Waals surface area contributed by atoms with E-state index in [1.165, 1.54) is 0 Å². The smallest absolute Gasteiger partial charge is 0.303 e. The van der Waals surface area contributed by atoms with Gasteiger partial charge in [0.25, 0.3) is 0 Å². The zero-order valence-electron chi connectivity index (χ0n) is 11.8. The Morgan fingerprint density at radius 1 is 0.950 bits per heavy atom. The summed E-state index contributed by atoms with van der Waals surface area (Å²) in [6, 6.07) is 9.92. The molecule has 0 fully saturated rings. The zero-order chi connectivity index (χ0) is 15.0. The third-order valence-corrected chi connectivity index (χ3v) is 3.71. The second kappa shape index (κ2) is 7.68. The van der Waals surface area contributed by atoms with Crippen molar-refractivity contribution in [2.75, 3.05) is 0 Å². The van der Waals surface area contributed by atoms with Crippen LogP contribution in [0.1, 0.15) is 51.0 Å². The lowest BCUT2D eigenvalue weighted by atomic mass is 9.74. The van der Waals surface area contributed by atoms with E-state index in [2.05, 4.69) is 6.92 Å². The number of benzene rings is 1. The van der Waals surface area contributed by atoms with Crippen molar-refractivity contribution in [3.05, 3.63) is 35.9 Å². The van der Waals surface area contributed by atoms with Crippen LogP contribution >= 0.6 is 0 Å². The summed E-state index contributed by atoms with van der Waals surface area (Å²) in [5.41, 5.74) is 0.988. The first-order chi connectivity index (χ1) is 9.44. The topological polar surface area (TPSA) is 74.6 Å². The molecule has 4 nitrogen and oxygen atoms in total. The standard InChI is InChI=1S/C16H22O4/c1-16(11-5-9-14(17)18,12-6-10-15(19)20)13-7-3-2-4-8-13/h2-4,7-8H,5-6,9-12H2,1H3,(H,17,18)(H,19,20). The predicted molar refractivity (Wildman–Crippen MR) is 76.8 cm³/mol. The van der Waals surface area contributed by atoms with E-state index in [1.807, 2.05) is 30.3 Å². The number of hydrogen-bond acceptors (Lipinski definition) is 2. The fourth-order valence-corrected chi connectivity index (χ4v) is 2.51. The van der Waals surface area contributed by atoms with Gasteiger partial charge >= 0.3 is 11.9 Å². The summed E-state index contributed by atoms with van der Waals surface area (Å²) in [5, 5.41) is 17.5. The molecule has 2 N–H and O–H groups in total. The maximum atomic E-state index is 10.6. The Balaban J connectivity index is 2.71. The van der Waals surface area contributed by atoms with Gasteiger partial charge in [0, 0.05) is 12.8 Å². The highest BCUT2D eigenvalue weighted by Crippen LogP contribution is 2.34. The monoisotopic (exact) mass is 278 g/mol. The van der Waals surface area contributed by atoms with Crippen LogP contribution in [0, 0.1) is 0 Å². The number of carbonyl (C=O) groups is 2. The highest BCUT2D eigenvalue weighted by Gasteiger charge is 2.26. The van der Waals surface area contributed by atoms with Gasteiger partial charge in [0.1, 0.15) is 0 Å². The average molecular weight is 278 g/mol. The average Bonchev–Trinajstić information content (AvgIpc) is 2.39. The molecule has 0 saturated heterocycles. The van der Waals surface area contributed by atoms with Gasteiger partial charge in [-0.05, 0) is 36.7 Å². The van der Waals surface area contributed by atoms with Gasteiger partial charge in [-0.25, -0.2) is 0 Å². The SMILES string of the molecule is CC(CCCC(=O)O)(CCCC(=O)O)c1ccccc1. The summed E-state index contributed by atoms with van der Waals surface area (Å²) in [5.74, 6) is -1.57. The van der Waals surface area contributed by atoms with E-state index in [0.29, 0.717) is 12.8 Å². The number of rotatable bonds is 9. The minimum absolute atomic E-state index is 0.154. The first-order valence-electron chi connectivity index (χ1n) is 6.93. The molecule has 0 bridgehead atoms. The molecule has 0 radical (unpaired) electrons. The van der Waals surface area contributed by atoms with Gasteiger partial charge in [0.15, 0.2) is 0 Å². The lowest BCUT2D eigenvalue weighted by molar-refractivity contribution is -0.138. The molecule has 1 rings (SSSR count). The molecular weight excluding hydrogens is 256 g/mol. The molecule has 0 unspecified atom stereocenters. The van der Waals surface area contributed by atoms with Gasteiger partial charge in [-0.15, -0.1) is 0 Å². The quantitative estimate of drug-likeness (QED) is 0.725. The van der Waals surface area contributed by atoms with Gasteiger partial charge in [-0.2, -0.15) is 0 Å². The van der Waals surface area contributed by atoms with Crippen LogP contribution in [0.15, 0.2) is 30.3 Å². The number of carboxylic acid groups (broad SMARTS) is 2. The van der Waals surface area contributed by atoms with Crippen LogP contribution in [0.5, 0.6) is 0 Å². The first-order valence-corrected chi connectivity index (χ1v) is 6.93. The predicted octanol–water partition coefficient (Wildman–Crippen LogP) is 3.45. The van der Waals surface area contributed by atoms with Crippen molar-refractivity contribution in [3.63, 3.8) is 0 Å². The van der Waals surface area contributed by atoms with E-state index in [-0.39, 0.29) is 18.3 Å². The lowest BCUT2D eigenvalue weighted by Crippen LogP contribution is -2.22. The Morgan fingerprint density at radius 3 is 1.80 bits per heavy atom. The van der Waals surface area contributed by atoms with Crippen molar-refractivity contribution in [1.29, 1.82) is 0 Å². The van der Waals surface area contributed by atoms with E-state index in [0.717, 1.165) is 18.4 Å². The zero-order valence-corrected chi connectivity index (χ0v) is 11.8. The Morgan fingerprint density at radius 2 is 1.40 bits per heavy atom. The summed E-state index contributed by atoms with van der Waals surface area (Å²) in [6.07, 6.45) is 3.02. The van der Waals surface area contributed by atoms with Crippen molar-refractivity contribution >= 4 is 11.9 Å². The highest BCUT2D eigenvalue weighted by molar-refractivity contribution is 5.67. The molecule has 0 amide bonds. The summed E-state index contributed by atoms with van der Waals surface area (Å²) in [7, 11) is 0. The molecule has 0 aliphatic heterocycles. The molecule has 0 heterocycles. The molecule has 0 aromatic heterocycles. The second-order valence-corrected chi connectivity index (χ2v) is 5.42. The Bertz CT molecular complexity index is 419. The van der Waals surface area contributed by atoms with Crippen molar-refractivity contribution in [2.24, 2.45) is 0 Å². The normalized spacial score (nSPS) is 11.2. The number of carboxylic acids is 2. The summed E-state index contributed by atoms with van der Waals surface area (Å²) < 4.78 is 0. The van der Waals surface area contributed by atoms with Crippen LogP contribution in [0.4, 0.5) is 0 Å². The number of aliphatic carboxylic acids is 2. The van der Waals surface area contributed by atoms with E-state index < -0.39 is 11.9 Å². The Kier molecular flexibility index (Phi) is 6.22. The Labute approximate surface area is 119 Å². The van der Waals surface area contributed by atoms with Gasteiger partial charge in [0.05, 0.1) is 0 Å². The number of hydrogen-bond donors (Lipinski definition) is 2. The minimum atomic E-state index is -0.786. The molecule has 4 heteroatoms. The molecule has 1 aromatic carbocycles. The van der Waals surface area contributed by atoms with E-state index in [9.17, 15) is 9.59 Å². The molecule has 0 atom stereocenters. The summed E-state index contributed by atoms with van der Waals surface area (Å²) in [6.45, 7) is 2.09. The minimum Gasteiger partial charge on any atom is -0.481 e. The van der Waals surface area contributed by atoms with E-state index in [1.54, 1.807) is 0 Å². The van der Waals surface area contributed by atoms with Crippen molar-refractivity contribution in [3.8, 4) is 0 Å². The van der Waals surface area contributed by atoms with Gasteiger partial charge in [0.2, 0.25) is 0 Å². The fraction of sp³-hybridized carbons (Fsp3) is 0.500. The van der Waals surface area contributed by atoms with Gasteiger partial charge < -0.3 is 10.2 Å².